The fraction of sp³-hybridized carbons (Fsp3) is 0.0741. The second kappa shape index (κ2) is 10.7. The molecule has 0 unspecified atom stereocenters. The summed E-state index contributed by atoms with van der Waals surface area (Å²) in [6.45, 7) is 2.36. The number of hydrogen-bond donors (Lipinski definition) is 2. The molecule has 2 N–H and O–H groups in total. The van der Waals surface area contributed by atoms with Gasteiger partial charge in [-0.25, -0.2) is 5.43 Å². The van der Waals surface area contributed by atoms with Crippen molar-refractivity contribution in [2.75, 3.05) is 0 Å². The number of aromatic amines is 1. The number of nitrogens with zero attached hydrogens (tertiary/aromatic N) is 2. The van der Waals surface area contributed by atoms with Crippen LogP contribution in [0.15, 0.2) is 102 Å². The highest BCUT2D eigenvalue weighted by atomic mass is 16.5. The number of aromatic nitrogens is 2. The molecule has 164 valence electrons. The fourth-order valence-corrected chi connectivity index (χ4v) is 3.22. The number of benzene rings is 3. The standard InChI is InChI=1S/C27H24N4O2/c1-20(16-21-10-4-2-5-11-21)18-28-31-27(32)25-17-24(29-30-25)23-14-8-9-15-26(23)33-19-22-12-6-3-7-13-22/h2-18H,19H2,1H3,(H,29,30)(H,31,32)/b20-16+,28-18+. The van der Waals surface area contributed by atoms with Gasteiger partial charge < -0.3 is 4.74 Å². The van der Waals surface area contributed by atoms with E-state index in [4.69, 9.17) is 4.74 Å². The zero-order valence-corrected chi connectivity index (χ0v) is 18.2. The summed E-state index contributed by atoms with van der Waals surface area (Å²) in [4.78, 5) is 12.5. The maximum absolute atomic E-state index is 12.5. The summed E-state index contributed by atoms with van der Waals surface area (Å²) in [5, 5.41) is 11.1. The second-order valence-electron chi connectivity index (χ2n) is 7.44. The monoisotopic (exact) mass is 436 g/mol. The predicted octanol–water partition coefficient (Wildman–Crippen LogP) is 5.47. The third kappa shape index (κ3) is 6.04. The van der Waals surface area contributed by atoms with E-state index in [9.17, 15) is 4.79 Å². The van der Waals surface area contributed by atoms with Crippen LogP contribution >= 0.6 is 0 Å². The first-order chi connectivity index (χ1) is 16.2. The topological polar surface area (TPSA) is 79.4 Å². The first kappa shape index (κ1) is 21.8. The van der Waals surface area contributed by atoms with E-state index in [1.165, 1.54) is 0 Å². The number of amides is 1. The Morgan fingerprint density at radius 3 is 2.48 bits per heavy atom. The molecular formula is C27H24N4O2. The van der Waals surface area contributed by atoms with Crippen LogP contribution in [0.25, 0.3) is 17.3 Å². The molecule has 0 bridgehead atoms. The molecule has 6 nitrogen and oxygen atoms in total. The molecule has 1 aromatic heterocycles. The summed E-state index contributed by atoms with van der Waals surface area (Å²) in [7, 11) is 0. The van der Waals surface area contributed by atoms with Crippen molar-refractivity contribution in [3.05, 3.63) is 113 Å². The minimum Gasteiger partial charge on any atom is -0.488 e. The number of carbonyl (C=O) groups excluding carboxylic acids is 1. The summed E-state index contributed by atoms with van der Waals surface area (Å²) in [6, 6.07) is 29.2. The molecule has 0 saturated heterocycles. The highest BCUT2D eigenvalue weighted by Gasteiger charge is 2.13. The van der Waals surface area contributed by atoms with Crippen LogP contribution in [0.5, 0.6) is 5.75 Å². The number of hydrazone groups is 1. The van der Waals surface area contributed by atoms with Gasteiger partial charge in [-0.1, -0.05) is 78.9 Å². The Morgan fingerprint density at radius 1 is 1.00 bits per heavy atom. The van der Waals surface area contributed by atoms with Gasteiger partial charge in [0.05, 0.1) is 11.9 Å². The van der Waals surface area contributed by atoms with Gasteiger partial charge in [0.25, 0.3) is 5.91 Å². The van der Waals surface area contributed by atoms with Gasteiger partial charge in [-0.05, 0) is 41.8 Å². The molecule has 0 atom stereocenters. The third-order valence-corrected chi connectivity index (χ3v) is 4.85. The zero-order chi connectivity index (χ0) is 22.9. The first-order valence-corrected chi connectivity index (χ1v) is 10.6. The third-order valence-electron chi connectivity index (χ3n) is 4.85. The molecule has 0 radical (unpaired) electrons. The van der Waals surface area contributed by atoms with Crippen LogP contribution in [-0.2, 0) is 6.61 Å². The molecular weight excluding hydrogens is 412 g/mol. The summed E-state index contributed by atoms with van der Waals surface area (Å²) in [6.07, 6.45) is 3.59. The van der Waals surface area contributed by atoms with Gasteiger partial charge in [0, 0.05) is 5.56 Å². The van der Waals surface area contributed by atoms with Crippen molar-refractivity contribution < 1.29 is 9.53 Å². The highest BCUT2D eigenvalue weighted by molar-refractivity contribution is 5.94. The van der Waals surface area contributed by atoms with Gasteiger partial charge in [-0.3, -0.25) is 9.89 Å². The predicted molar refractivity (Wildman–Crippen MR) is 131 cm³/mol. The van der Waals surface area contributed by atoms with Gasteiger partial charge >= 0.3 is 0 Å². The van der Waals surface area contributed by atoms with E-state index in [-0.39, 0.29) is 5.91 Å². The average molecular weight is 437 g/mol. The number of H-pyrrole nitrogens is 1. The number of allylic oxidation sites excluding steroid dienone is 1. The first-order valence-electron chi connectivity index (χ1n) is 10.6. The molecule has 0 fully saturated rings. The lowest BCUT2D eigenvalue weighted by molar-refractivity contribution is 0.0950. The average Bonchev–Trinajstić information content (AvgIpc) is 3.34. The van der Waals surface area contributed by atoms with Crippen molar-refractivity contribution in [1.29, 1.82) is 0 Å². The van der Waals surface area contributed by atoms with Gasteiger partial charge in [-0.2, -0.15) is 10.2 Å². The second-order valence-corrected chi connectivity index (χ2v) is 7.44. The van der Waals surface area contributed by atoms with Crippen molar-refractivity contribution in [3.8, 4) is 17.0 Å². The highest BCUT2D eigenvalue weighted by Crippen LogP contribution is 2.29. The van der Waals surface area contributed by atoms with E-state index in [1.54, 1.807) is 12.3 Å². The smallest absolute Gasteiger partial charge is 0.289 e. The molecule has 33 heavy (non-hydrogen) atoms. The van der Waals surface area contributed by atoms with Gasteiger partial charge in [0.2, 0.25) is 0 Å². The fourth-order valence-electron chi connectivity index (χ4n) is 3.22. The summed E-state index contributed by atoms with van der Waals surface area (Å²) < 4.78 is 6.00. The molecule has 0 aliphatic rings. The van der Waals surface area contributed by atoms with Crippen LogP contribution in [0.1, 0.15) is 28.5 Å². The number of hydrogen-bond acceptors (Lipinski definition) is 4. The lowest BCUT2D eigenvalue weighted by Crippen LogP contribution is -2.17. The van der Waals surface area contributed by atoms with Crippen molar-refractivity contribution in [2.24, 2.45) is 5.10 Å². The van der Waals surface area contributed by atoms with E-state index < -0.39 is 0 Å². The van der Waals surface area contributed by atoms with E-state index in [0.717, 1.165) is 22.3 Å². The number of nitrogens with one attached hydrogen (secondary N) is 2. The summed E-state index contributed by atoms with van der Waals surface area (Å²) in [5.74, 6) is 0.319. The molecule has 0 aliphatic heterocycles. The Kier molecular flexibility index (Phi) is 7.08. The molecule has 1 heterocycles. The van der Waals surface area contributed by atoms with Crippen LogP contribution < -0.4 is 10.2 Å². The molecule has 0 saturated carbocycles. The van der Waals surface area contributed by atoms with Gasteiger partial charge in [-0.15, -0.1) is 0 Å². The minimum absolute atomic E-state index is 0.310. The number of rotatable bonds is 8. The summed E-state index contributed by atoms with van der Waals surface area (Å²) in [5.41, 5.74) is 7.31. The van der Waals surface area contributed by atoms with Crippen LogP contribution in [0.4, 0.5) is 0 Å². The number of carbonyl (C=O) groups is 1. The van der Waals surface area contributed by atoms with Crippen LogP contribution in [0, 0.1) is 0 Å². The number of para-hydroxylation sites is 1. The minimum atomic E-state index is -0.375. The molecule has 3 aromatic carbocycles. The molecule has 0 aliphatic carbocycles. The Bertz CT molecular complexity index is 1260. The normalized spacial score (nSPS) is 11.5. The number of ether oxygens (including phenoxy) is 1. The molecule has 4 rings (SSSR count). The molecule has 4 aromatic rings. The van der Waals surface area contributed by atoms with Crippen molar-refractivity contribution in [1.82, 2.24) is 15.6 Å². The van der Waals surface area contributed by atoms with Gasteiger partial charge in [0.1, 0.15) is 18.1 Å². The lowest BCUT2D eigenvalue weighted by atomic mass is 10.1. The Labute approximate surface area is 192 Å². The van der Waals surface area contributed by atoms with Gasteiger partial charge in [0.15, 0.2) is 0 Å². The van der Waals surface area contributed by atoms with Crippen LogP contribution in [0.3, 0.4) is 0 Å². The Hall–Kier alpha value is -4.45. The van der Waals surface area contributed by atoms with E-state index in [0.29, 0.717) is 23.7 Å². The quantitative estimate of drug-likeness (QED) is 0.284. The molecule has 0 spiro atoms. The van der Waals surface area contributed by atoms with Crippen molar-refractivity contribution in [2.45, 2.75) is 13.5 Å². The molecule has 6 heteroatoms. The van der Waals surface area contributed by atoms with Crippen LogP contribution in [0.2, 0.25) is 0 Å². The maximum atomic E-state index is 12.5. The zero-order valence-electron chi connectivity index (χ0n) is 18.2. The largest absolute Gasteiger partial charge is 0.488 e. The van der Waals surface area contributed by atoms with Crippen LogP contribution in [-0.4, -0.2) is 22.3 Å². The summed E-state index contributed by atoms with van der Waals surface area (Å²) >= 11 is 0. The van der Waals surface area contributed by atoms with E-state index in [2.05, 4.69) is 20.7 Å². The van der Waals surface area contributed by atoms with E-state index in [1.807, 2.05) is 97.9 Å². The Morgan fingerprint density at radius 2 is 1.70 bits per heavy atom. The van der Waals surface area contributed by atoms with Crippen molar-refractivity contribution >= 4 is 18.2 Å². The van der Waals surface area contributed by atoms with Crippen molar-refractivity contribution in [3.63, 3.8) is 0 Å². The van der Waals surface area contributed by atoms with E-state index >= 15 is 0 Å². The molecule has 1 amide bonds. The Balaban J connectivity index is 1.40. The lowest BCUT2D eigenvalue weighted by Gasteiger charge is -2.10. The maximum Gasteiger partial charge on any atom is 0.289 e. The SMILES string of the molecule is CC(/C=N/NC(=O)c1cc(-c2ccccc2OCc2ccccc2)n[nH]1)=C\c1ccccc1.